The summed E-state index contributed by atoms with van der Waals surface area (Å²) in [6.07, 6.45) is 3.51. The van der Waals surface area contributed by atoms with Gasteiger partial charge in [0, 0.05) is 0 Å². The molecule has 0 heterocycles. The molecule has 4 saturated carbocycles. The second kappa shape index (κ2) is 10.6. The van der Waals surface area contributed by atoms with Crippen LogP contribution in [0.5, 0.6) is 0 Å². The van der Waals surface area contributed by atoms with Gasteiger partial charge < -0.3 is 14.2 Å². The van der Waals surface area contributed by atoms with Gasteiger partial charge in [0.15, 0.2) is 0 Å². The van der Waals surface area contributed by atoms with Gasteiger partial charge in [0.25, 0.3) is 0 Å². The molecular formula is C29H42F6O6. The Morgan fingerprint density at radius 2 is 1.05 bits per heavy atom. The molecule has 1 atom stereocenters. The van der Waals surface area contributed by atoms with Gasteiger partial charge >= 0.3 is 35.7 Å². The second-order valence-electron chi connectivity index (χ2n) is 14.8. The van der Waals surface area contributed by atoms with Crippen LogP contribution in [0.2, 0.25) is 0 Å². The van der Waals surface area contributed by atoms with Crippen LogP contribution in [0.25, 0.3) is 0 Å². The molecule has 4 aliphatic rings. The van der Waals surface area contributed by atoms with E-state index in [-0.39, 0.29) is 42.4 Å². The first-order valence-electron chi connectivity index (χ1n) is 14.1. The van der Waals surface area contributed by atoms with Crippen molar-refractivity contribution in [2.24, 2.45) is 34.0 Å². The molecular weight excluding hydrogens is 558 g/mol. The first kappa shape index (κ1) is 33.5. The fourth-order valence-corrected chi connectivity index (χ4v) is 7.09. The average Bonchev–Trinajstić information content (AvgIpc) is 2.78. The van der Waals surface area contributed by atoms with Crippen LogP contribution in [0.3, 0.4) is 0 Å². The molecule has 41 heavy (non-hydrogen) atoms. The van der Waals surface area contributed by atoms with E-state index in [1.54, 1.807) is 27.7 Å². The molecule has 0 spiro atoms. The van der Waals surface area contributed by atoms with E-state index in [0.717, 1.165) is 19.3 Å². The molecule has 12 heteroatoms. The lowest BCUT2D eigenvalue weighted by Crippen LogP contribution is -2.63. The molecule has 1 unspecified atom stereocenters. The van der Waals surface area contributed by atoms with Crippen LogP contribution in [-0.4, -0.2) is 54.5 Å². The Kier molecular flexibility index (Phi) is 8.67. The van der Waals surface area contributed by atoms with Crippen LogP contribution in [0, 0.1) is 34.0 Å². The van der Waals surface area contributed by atoms with Crippen molar-refractivity contribution < 1.29 is 54.9 Å². The highest BCUT2D eigenvalue weighted by Crippen LogP contribution is 2.58. The highest BCUT2D eigenvalue weighted by molar-refractivity contribution is 5.85. The minimum absolute atomic E-state index is 0.100. The Morgan fingerprint density at radius 3 is 1.44 bits per heavy atom. The zero-order valence-electron chi connectivity index (χ0n) is 24.8. The van der Waals surface area contributed by atoms with E-state index in [1.807, 2.05) is 20.8 Å². The van der Waals surface area contributed by atoms with Gasteiger partial charge in [-0.2, -0.15) is 26.3 Å². The van der Waals surface area contributed by atoms with Gasteiger partial charge in [-0.25, -0.2) is 9.59 Å². The SMILES string of the molecule is CC(C)(C)CC(C)(C(=O)OCCOC(=O)C(F)(F)C(F)(F)C(F)(F)C(=O)OC12CC3CC(CC(C3)C1)C2)C(C)(C)C. The number of alkyl halides is 6. The molecule has 4 aliphatic carbocycles. The third-order valence-electron chi connectivity index (χ3n) is 9.13. The lowest BCUT2D eigenvalue weighted by Gasteiger charge is -2.55. The largest absolute Gasteiger partial charge is 0.462 e. The molecule has 4 bridgehead atoms. The molecule has 0 aliphatic heterocycles. The molecule has 0 radical (unpaired) electrons. The molecule has 0 amide bonds. The number of carbonyl (C=O) groups is 3. The molecule has 0 saturated heterocycles. The first-order valence-corrected chi connectivity index (χ1v) is 14.1. The molecule has 4 fully saturated rings. The summed E-state index contributed by atoms with van der Waals surface area (Å²) in [5, 5.41) is 0. The van der Waals surface area contributed by atoms with Crippen molar-refractivity contribution in [3.05, 3.63) is 0 Å². The highest BCUT2D eigenvalue weighted by atomic mass is 19.3. The molecule has 0 N–H and O–H groups in total. The number of carbonyl (C=O) groups excluding carboxylic acids is 3. The molecule has 4 rings (SSSR count). The van der Waals surface area contributed by atoms with E-state index in [1.165, 1.54) is 0 Å². The Morgan fingerprint density at radius 1 is 0.659 bits per heavy atom. The maximum atomic E-state index is 14.6. The number of esters is 3. The van der Waals surface area contributed by atoms with Crippen molar-refractivity contribution in [3.63, 3.8) is 0 Å². The predicted molar refractivity (Wildman–Crippen MR) is 135 cm³/mol. The maximum Gasteiger partial charge on any atom is 0.411 e. The van der Waals surface area contributed by atoms with E-state index in [4.69, 9.17) is 9.47 Å². The van der Waals surface area contributed by atoms with Gasteiger partial charge in [0.05, 0.1) is 5.41 Å². The maximum absolute atomic E-state index is 14.6. The number of rotatable bonds is 10. The van der Waals surface area contributed by atoms with Crippen molar-refractivity contribution in [2.75, 3.05) is 13.2 Å². The van der Waals surface area contributed by atoms with Crippen LogP contribution in [0.15, 0.2) is 0 Å². The quantitative estimate of drug-likeness (QED) is 0.117. The van der Waals surface area contributed by atoms with E-state index >= 15 is 0 Å². The van der Waals surface area contributed by atoms with Gasteiger partial charge in [-0.3, -0.25) is 4.79 Å². The highest BCUT2D eigenvalue weighted by Gasteiger charge is 2.80. The van der Waals surface area contributed by atoms with E-state index in [0.29, 0.717) is 6.42 Å². The summed E-state index contributed by atoms with van der Waals surface area (Å²) in [4.78, 5) is 37.1. The van der Waals surface area contributed by atoms with Crippen LogP contribution in [0.1, 0.15) is 93.4 Å². The Labute approximate surface area is 237 Å². The third kappa shape index (κ3) is 6.36. The van der Waals surface area contributed by atoms with Crippen molar-refractivity contribution in [1.29, 1.82) is 0 Å². The fourth-order valence-electron chi connectivity index (χ4n) is 7.09. The van der Waals surface area contributed by atoms with Crippen molar-refractivity contribution in [3.8, 4) is 0 Å². The molecule has 0 aromatic heterocycles. The van der Waals surface area contributed by atoms with Gasteiger partial charge in [0.2, 0.25) is 0 Å². The zero-order chi connectivity index (χ0) is 31.4. The summed E-state index contributed by atoms with van der Waals surface area (Å²) >= 11 is 0. The van der Waals surface area contributed by atoms with Gasteiger partial charge in [-0.15, -0.1) is 0 Å². The number of hydrogen-bond donors (Lipinski definition) is 0. The summed E-state index contributed by atoms with van der Waals surface area (Å²) in [5.41, 5.74) is -3.34. The second-order valence-corrected chi connectivity index (χ2v) is 14.8. The zero-order valence-corrected chi connectivity index (χ0v) is 24.8. The van der Waals surface area contributed by atoms with Crippen LogP contribution in [0.4, 0.5) is 26.3 Å². The standard InChI is InChI=1S/C29H42F6O6/c1-23(2,3)16-25(7,24(4,5)6)20(36)39-8-9-40-21(37)27(30,31)29(34,35)28(32,33)22(38)41-26-13-17-10-18(14-26)12-19(11-17)15-26/h17-19H,8-16H2,1-7H3. The Hall–Kier alpha value is -2.01. The van der Waals surface area contributed by atoms with Crippen LogP contribution in [-0.2, 0) is 28.6 Å². The monoisotopic (exact) mass is 600 g/mol. The molecule has 236 valence electrons. The summed E-state index contributed by atoms with van der Waals surface area (Å²) in [5.74, 6) is -24.7. The van der Waals surface area contributed by atoms with E-state index < -0.39 is 65.3 Å². The third-order valence-corrected chi connectivity index (χ3v) is 9.13. The van der Waals surface area contributed by atoms with Gasteiger partial charge in [0.1, 0.15) is 18.8 Å². The fraction of sp³-hybridized carbons (Fsp3) is 0.897. The van der Waals surface area contributed by atoms with Crippen LogP contribution < -0.4 is 0 Å². The van der Waals surface area contributed by atoms with E-state index in [9.17, 15) is 40.7 Å². The number of halogens is 6. The Bertz CT molecular complexity index is 993. The van der Waals surface area contributed by atoms with Gasteiger partial charge in [-0.1, -0.05) is 41.5 Å². The summed E-state index contributed by atoms with van der Waals surface area (Å²) in [6, 6.07) is 0. The minimum Gasteiger partial charge on any atom is -0.462 e. The first-order chi connectivity index (χ1) is 18.4. The molecule has 0 aromatic rings. The molecule has 0 aromatic carbocycles. The lowest BCUT2D eigenvalue weighted by molar-refractivity contribution is -0.307. The number of hydrogen-bond acceptors (Lipinski definition) is 6. The number of ether oxygens (including phenoxy) is 3. The normalized spacial score (nSPS) is 28.2. The summed E-state index contributed by atoms with van der Waals surface area (Å²) < 4.78 is 101. The van der Waals surface area contributed by atoms with Gasteiger partial charge in [-0.05, 0) is 80.5 Å². The predicted octanol–water partition coefficient (Wildman–Crippen LogP) is 6.98. The van der Waals surface area contributed by atoms with E-state index in [2.05, 4.69) is 4.74 Å². The lowest BCUT2D eigenvalue weighted by atomic mass is 9.54. The Balaban J connectivity index is 1.61. The molecule has 6 nitrogen and oxygen atoms in total. The van der Waals surface area contributed by atoms with Crippen molar-refractivity contribution in [1.82, 2.24) is 0 Å². The summed E-state index contributed by atoms with van der Waals surface area (Å²) in [6.45, 7) is 10.9. The smallest absolute Gasteiger partial charge is 0.411 e. The van der Waals surface area contributed by atoms with Crippen LogP contribution >= 0.6 is 0 Å². The topological polar surface area (TPSA) is 78.9 Å². The van der Waals surface area contributed by atoms with Crippen molar-refractivity contribution in [2.45, 2.75) is 117 Å². The summed E-state index contributed by atoms with van der Waals surface area (Å²) in [7, 11) is 0. The average molecular weight is 601 g/mol. The minimum atomic E-state index is -6.44. The van der Waals surface area contributed by atoms with Crippen molar-refractivity contribution >= 4 is 17.9 Å².